The molecule has 5 heteroatoms. The van der Waals surface area contributed by atoms with Crippen LogP contribution in [0.3, 0.4) is 0 Å². The predicted molar refractivity (Wildman–Crippen MR) is 55.9 cm³/mol. The van der Waals surface area contributed by atoms with E-state index >= 15 is 0 Å². The van der Waals surface area contributed by atoms with Crippen LogP contribution in [0.2, 0.25) is 0 Å². The summed E-state index contributed by atoms with van der Waals surface area (Å²) < 4.78 is 39.8. The lowest BCUT2D eigenvalue weighted by molar-refractivity contribution is -0.123. The van der Waals surface area contributed by atoms with Crippen molar-refractivity contribution in [2.75, 3.05) is 0 Å². The van der Waals surface area contributed by atoms with Gasteiger partial charge >= 0.3 is 0 Å². The molecule has 1 aromatic rings. The summed E-state index contributed by atoms with van der Waals surface area (Å²) in [6, 6.07) is 1.19. The van der Waals surface area contributed by atoms with Gasteiger partial charge in [-0.25, -0.2) is 13.2 Å². The molecule has 17 heavy (non-hydrogen) atoms. The van der Waals surface area contributed by atoms with Crippen LogP contribution in [0.5, 0.6) is 0 Å². The van der Waals surface area contributed by atoms with Crippen LogP contribution in [-0.4, -0.2) is 11.9 Å². The maximum Gasteiger partial charge on any atom is 0.220 e. The Labute approximate surface area is 96.8 Å². The Morgan fingerprint density at radius 1 is 1.29 bits per heavy atom. The van der Waals surface area contributed by atoms with Crippen LogP contribution in [-0.2, 0) is 4.79 Å². The molecule has 1 aromatic carbocycles. The van der Waals surface area contributed by atoms with Crippen molar-refractivity contribution in [3.8, 4) is 0 Å². The van der Waals surface area contributed by atoms with Gasteiger partial charge in [0, 0.05) is 24.4 Å². The molecule has 0 radical (unpaired) electrons. The smallest absolute Gasteiger partial charge is 0.220 e. The zero-order valence-corrected chi connectivity index (χ0v) is 9.27. The van der Waals surface area contributed by atoms with Crippen molar-refractivity contribution < 1.29 is 18.0 Å². The van der Waals surface area contributed by atoms with Crippen LogP contribution >= 0.6 is 0 Å². The monoisotopic (exact) mass is 243 g/mol. The molecule has 2 rings (SSSR count). The largest absolute Gasteiger partial charge is 0.353 e. The summed E-state index contributed by atoms with van der Waals surface area (Å²) in [5.41, 5.74) is -0.00463. The third-order valence-corrected chi connectivity index (χ3v) is 3.10. The van der Waals surface area contributed by atoms with E-state index in [1.54, 1.807) is 6.92 Å². The van der Waals surface area contributed by atoms with E-state index in [4.69, 9.17) is 0 Å². The van der Waals surface area contributed by atoms with E-state index in [2.05, 4.69) is 5.32 Å². The first-order chi connectivity index (χ1) is 7.99. The van der Waals surface area contributed by atoms with Crippen LogP contribution in [0, 0.1) is 17.5 Å². The first-order valence-corrected chi connectivity index (χ1v) is 5.43. The van der Waals surface area contributed by atoms with Crippen LogP contribution in [0.15, 0.2) is 12.1 Å². The predicted octanol–water partition coefficient (Wildman–Crippen LogP) is 2.49. The number of halogens is 3. The standard InChI is InChI=1S/C12H12F3NO/c1-6-8(2-3-11(17)16-6)9-4-7(13)5-10(14)12(9)15/h4-6,8H,2-3H2,1H3,(H,16,17)/t6-,8-/m1/s1. The zero-order chi connectivity index (χ0) is 12.6. The fraction of sp³-hybridized carbons (Fsp3) is 0.417. The van der Waals surface area contributed by atoms with Crippen molar-refractivity contribution in [1.29, 1.82) is 0 Å². The van der Waals surface area contributed by atoms with Gasteiger partial charge in [-0.3, -0.25) is 4.79 Å². The van der Waals surface area contributed by atoms with Gasteiger partial charge in [0.25, 0.3) is 0 Å². The molecule has 1 fully saturated rings. The van der Waals surface area contributed by atoms with Crippen LogP contribution in [0.1, 0.15) is 31.2 Å². The summed E-state index contributed by atoms with van der Waals surface area (Å²) >= 11 is 0. The van der Waals surface area contributed by atoms with Crippen molar-refractivity contribution >= 4 is 5.91 Å². The lowest BCUT2D eigenvalue weighted by Crippen LogP contribution is -2.42. The van der Waals surface area contributed by atoms with Crippen molar-refractivity contribution in [2.24, 2.45) is 0 Å². The number of amides is 1. The summed E-state index contributed by atoms with van der Waals surface area (Å²) in [5, 5.41) is 2.64. The van der Waals surface area contributed by atoms with Gasteiger partial charge in [-0.1, -0.05) is 0 Å². The molecular formula is C12H12F3NO. The third kappa shape index (κ3) is 2.28. The second-order valence-electron chi connectivity index (χ2n) is 4.29. The molecular weight excluding hydrogens is 231 g/mol. The normalized spacial score (nSPS) is 24.6. The number of hydrogen-bond acceptors (Lipinski definition) is 1. The molecule has 1 aliphatic heterocycles. The van der Waals surface area contributed by atoms with E-state index in [0.29, 0.717) is 12.5 Å². The number of benzene rings is 1. The Balaban J connectivity index is 2.37. The Morgan fingerprint density at radius 3 is 2.65 bits per heavy atom. The molecule has 0 bridgehead atoms. The molecule has 92 valence electrons. The number of piperidine rings is 1. The highest BCUT2D eigenvalue weighted by atomic mass is 19.2. The first-order valence-electron chi connectivity index (χ1n) is 5.43. The van der Waals surface area contributed by atoms with Crippen molar-refractivity contribution in [3.05, 3.63) is 35.1 Å². The minimum absolute atomic E-state index is 0.00463. The summed E-state index contributed by atoms with van der Waals surface area (Å²) in [7, 11) is 0. The van der Waals surface area contributed by atoms with E-state index in [9.17, 15) is 18.0 Å². The number of rotatable bonds is 1. The van der Waals surface area contributed by atoms with E-state index in [0.717, 1.165) is 6.07 Å². The van der Waals surface area contributed by atoms with Gasteiger partial charge in [0.05, 0.1) is 0 Å². The Hall–Kier alpha value is -1.52. The van der Waals surface area contributed by atoms with Crippen molar-refractivity contribution in [2.45, 2.75) is 31.7 Å². The molecule has 0 spiro atoms. The van der Waals surface area contributed by atoms with Crippen LogP contribution in [0.25, 0.3) is 0 Å². The van der Waals surface area contributed by atoms with Gasteiger partial charge in [-0.2, -0.15) is 0 Å². The highest BCUT2D eigenvalue weighted by Crippen LogP contribution is 2.31. The Morgan fingerprint density at radius 2 is 2.00 bits per heavy atom. The molecule has 0 aromatic heterocycles. The number of carbonyl (C=O) groups is 1. The van der Waals surface area contributed by atoms with E-state index in [1.165, 1.54) is 0 Å². The number of carbonyl (C=O) groups excluding carboxylic acids is 1. The Kier molecular flexibility index (Phi) is 3.09. The zero-order valence-electron chi connectivity index (χ0n) is 9.27. The lowest BCUT2D eigenvalue weighted by atomic mass is 9.85. The quantitative estimate of drug-likeness (QED) is 0.754. The average Bonchev–Trinajstić information content (AvgIpc) is 2.24. The number of hydrogen-bond donors (Lipinski definition) is 1. The molecule has 2 atom stereocenters. The molecule has 1 N–H and O–H groups in total. The summed E-state index contributed by atoms with van der Waals surface area (Å²) in [4.78, 5) is 11.1. The molecule has 1 saturated heterocycles. The Bertz CT molecular complexity index is 461. The molecule has 1 amide bonds. The van der Waals surface area contributed by atoms with Gasteiger partial charge in [-0.05, 0) is 25.0 Å². The van der Waals surface area contributed by atoms with Gasteiger partial charge in [-0.15, -0.1) is 0 Å². The molecule has 0 aliphatic carbocycles. The minimum atomic E-state index is -1.19. The maximum atomic E-state index is 13.6. The molecule has 1 heterocycles. The van der Waals surface area contributed by atoms with Gasteiger partial charge in [0.2, 0.25) is 5.91 Å². The van der Waals surface area contributed by atoms with Gasteiger partial charge in [0.1, 0.15) is 5.82 Å². The number of nitrogens with one attached hydrogen (secondary N) is 1. The van der Waals surface area contributed by atoms with Crippen LogP contribution < -0.4 is 5.32 Å². The molecule has 0 unspecified atom stereocenters. The minimum Gasteiger partial charge on any atom is -0.353 e. The second kappa shape index (κ2) is 4.39. The van der Waals surface area contributed by atoms with Crippen molar-refractivity contribution in [3.63, 3.8) is 0 Å². The van der Waals surface area contributed by atoms with Gasteiger partial charge in [0.15, 0.2) is 11.6 Å². The molecule has 0 saturated carbocycles. The lowest BCUT2D eigenvalue weighted by Gasteiger charge is -2.30. The van der Waals surface area contributed by atoms with E-state index < -0.39 is 23.4 Å². The third-order valence-electron chi connectivity index (χ3n) is 3.10. The second-order valence-corrected chi connectivity index (χ2v) is 4.29. The van der Waals surface area contributed by atoms with Gasteiger partial charge < -0.3 is 5.32 Å². The van der Waals surface area contributed by atoms with E-state index in [1.807, 2.05) is 0 Å². The van der Waals surface area contributed by atoms with E-state index in [-0.39, 0.29) is 23.9 Å². The highest BCUT2D eigenvalue weighted by molar-refractivity contribution is 5.77. The fourth-order valence-corrected chi connectivity index (χ4v) is 2.23. The fourth-order valence-electron chi connectivity index (χ4n) is 2.23. The van der Waals surface area contributed by atoms with Crippen molar-refractivity contribution in [1.82, 2.24) is 5.32 Å². The topological polar surface area (TPSA) is 29.1 Å². The molecule has 2 nitrogen and oxygen atoms in total. The SMILES string of the molecule is C[C@H]1NC(=O)CC[C@H]1c1cc(F)cc(F)c1F. The summed E-state index contributed by atoms with van der Waals surface area (Å²) in [5.74, 6) is -3.53. The average molecular weight is 243 g/mol. The summed E-state index contributed by atoms with van der Waals surface area (Å²) in [6.45, 7) is 1.70. The highest BCUT2D eigenvalue weighted by Gasteiger charge is 2.29. The maximum absolute atomic E-state index is 13.6. The summed E-state index contributed by atoms with van der Waals surface area (Å²) in [6.07, 6.45) is 0.638. The molecule has 1 aliphatic rings. The first kappa shape index (κ1) is 12.0. The van der Waals surface area contributed by atoms with Crippen LogP contribution in [0.4, 0.5) is 13.2 Å².